The van der Waals surface area contributed by atoms with Gasteiger partial charge in [-0.1, -0.05) is 43.5 Å². The van der Waals surface area contributed by atoms with Gasteiger partial charge in [0, 0.05) is 22.9 Å². The predicted molar refractivity (Wildman–Crippen MR) is 97.4 cm³/mol. The Hall–Kier alpha value is -0.770. The molecule has 1 aromatic carbocycles. The van der Waals surface area contributed by atoms with Crippen LogP contribution in [0.1, 0.15) is 38.2 Å². The fourth-order valence-electron chi connectivity index (χ4n) is 3.72. The first-order valence-corrected chi connectivity index (χ1v) is 8.73. The quantitative estimate of drug-likeness (QED) is 0.846. The Bertz CT molecular complexity index is 522. The first-order chi connectivity index (χ1) is 10.6. The average molecular weight is 357 g/mol. The van der Waals surface area contributed by atoms with Gasteiger partial charge in [0.2, 0.25) is 5.91 Å². The van der Waals surface area contributed by atoms with Gasteiger partial charge in [-0.05, 0) is 49.5 Å². The summed E-state index contributed by atoms with van der Waals surface area (Å²) in [6.07, 6.45) is 4.77. The summed E-state index contributed by atoms with van der Waals surface area (Å²) in [7, 11) is 0. The Kier molecular flexibility index (Phi) is 6.35. The SMILES string of the molecule is CC(C(=O)NCC1(c2ccc(Cl)cc2)CCCC1)C1CNC1.Cl. The zero-order valence-electron chi connectivity index (χ0n) is 13.6. The van der Waals surface area contributed by atoms with E-state index in [9.17, 15) is 4.79 Å². The molecule has 1 heterocycles. The molecule has 23 heavy (non-hydrogen) atoms. The van der Waals surface area contributed by atoms with Crippen LogP contribution in [0.15, 0.2) is 24.3 Å². The van der Waals surface area contributed by atoms with Crippen LogP contribution in [0.25, 0.3) is 0 Å². The van der Waals surface area contributed by atoms with Crippen LogP contribution < -0.4 is 10.6 Å². The molecule has 0 spiro atoms. The second-order valence-corrected chi connectivity index (χ2v) is 7.36. The molecule has 0 radical (unpaired) electrons. The van der Waals surface area contributed by atoms with Gasteiger partial charge in [-0.2, -0.15) is 0 Å². The molecule has 1 unspecified atom stereocenters. The van der Waals surface area contributed by atoms with Gasteiger partial charge in [-0.3, -0.25) is 4.79 Å². The van der Waals surface area contributed by atoms with Crippen LogP contribution >= 0.6 is 24.0 Å². The van der Waals surface area contributed by atoms with Gasteiger partial charge >= 0.3 is 0 Å². The number of amides is 1. The molecule has 1 aliphatic carbocycles. The third-order valence-corrected chi connectivity index (χ3v) is 5.80. The second kappa shape index (κ2) is 7.87. The predicted octanol–water partition coefficient (Wildman–Crippen LogP) is 3.55. The van der Waals surface area contributed by atoms with Gasteiger partial charge in [0.15, 0.2) is 0 Å². The fourth-order valence-corrected chi connectivity index (χ4v) is 3.84. The molecule has 0 aromatic heterocycles. The van der Waals surface area contributed by atoms with Gasteiger partial charge < -0.3 is 10.6 Å². The molecular formula is C18H26Cl2N2O. The topological polar surface area (TPSA) is 41.1 Å². The highest BCUT2D eigenvalue weighted by atomic mass is 35.5. The van der Waals surface area contributed by atoms with E-state index < -0.39 is 0 Å². The fraction of sp³-hybridized carbons (Fsp3) is 0.611. The molecule has 2 fully saturated rings. The van der Waals surface area contributed by atoms with Crippen molar-refractivity contribution >= 4 is 29.9 Å². The molecule has 0 bridgehead atoms. The molecule has 3 rings (SSSR count). The summed E-state index contributed by atoms with van der Waals surface area (Å²) in [5.41, 5.74) is 1.41. The van der Waals surface area contributed by atoms with Crippen LogP contribution in [0.2, 0.25) is 5.02 Å². The Labute approximate surface area is 150 Å². The second-order valence-electron chi connectivity index (χ2n) is 6.92. The van der Waals surface area contributed by atoms with Gasteiger partial charge in [0.25, 0.3) is 0 Å². The van der Waals surface area contributed by atoms with Crippen molar-refractivity contribution in [1.82, 2.24) is 10.6 Å². The summed E-state index contributed by atoms with van der Waals surface area (Å²) >= 11 is 6.01. The number of benzene rings is 1. The summed E-state index contributed by atoms with van der Waals surface area (Å²) in [6, 6.07) is 8.17. The standard InChI is InChI=1S/C18H25ClN2O.ClH/c1-13(14-10-20-11-14)17(22)21-12-18(8-2-3-9-18)15-4-6-16(19)7-5-15;/h4-7,13-14,20H,2-3,8-12H2,1H3,(H,21,22);1H. The summed E-state index contributed by atoms with van der Waals surface area (Å²) in [6.45, 7) is 4.73. The first-order valence-electron chi connectivity index (χ1n) is 8.35. The minimum absolute atomic E-state index is 0. The van der Waals surface area contributed by atoms with E-state index in [0.717, 1.165) is 37.5 Å². The molecular weight excluding hydrogens is 331 g/mol. The monoisotopic (exact) mass is 356 g/mol. The van der Waals surface area contributed by atoms with Crippen LogP contribution in [0, 0.1) is 11.8 Å². The molecule has 1 saturated carbocycles. The zero-order chi connectivity index (χ0) is 15.6. The summed E-state index contributed by atoms with van der Waals surface area (Å²) in [4.78, 5) is 12.4. The molecule has 3 nitrogen and oxygen atoms in total. The number of carbonyl (C=O) groups excluding carboxylic acids is 1. The van der Waals surface area contributed by atoms with E-state index in [1.165, 1.54) is 18.4 Å². The lowest BCUT2D eigenvalue weighted by Crippen LogP contribution is -2.51. The molecule has 2 N–H and O–H groups in total. The summed E-state index contributed by atoms with van der Waals surface area (Å²) in [5, 5.41) is 7.24. The minimum atomic E-state index is 0. The molecule has 5 heteroatoms. The lowest BCUT2D eigenvalue weighted by molar-refractivity contribution is -0.127. The average Bonchev–Trinajstić information content (AvgIpc) is 2.93. The van der Waals surface area contributed by atoms with Crippen molar-refractivity contribution < 1.29 is 4.79 Å². The highest BCUT2D eigenvalue weighted by Gasteiger charge is 2.37. The number of nitrogens with one attached hydrogen (secondary N) is 2. The van der Waals surface area contributed by atoms with Crippen LogP contribution in [0.5, 0.6) is 0 Å². The Morgan fingerprint density at radius 2 is 1.91 bits per heavy atom. The Balaban J connectivity index is 0.00000192. The van der Waals surface area contributed by atoms with Crippen molar-refractivity contribution in [3.8, 4) is 0 Å². The molecule has 1 atom stereocenters. The van der Waals surface area contributed by atoms with E-state index in [1.54, 1.807) is 0 Å². The summed E-state index contributed by atoms with van der Waals surface area (Å²) < 4.78 is 0. The van der Waals surface area contributed by atoms with Crippen molar-refractivity contribution in [2.75, 3.05) is 19.6 Å². The zero-order valence-corrected chi connectivity index (χ0v) is 15.2. The van der Waals surface area contributed by atoms with Crippen molar-refractivity contribution in [3.05, 3.63) is 34.9 Å². The maximum atomic E-state index is 12.4. The molecule has 1 amide bonds. The van der Waals surface area contributed by atoms with Crippen LogP contribution in [-0.4, -0.2) is 25.5 Å². The number of hydrogen-bond donors (Lipinski definition) is 2. The highest BCUT2D eigenvalue weighted by Crippen LogP contribution is 2.41. The van der Waals surface area contributed by atoms with Gasteiger partial charge in [-0.25, -0.2) is 0 Å². The molecule has 1 aromatic rings. The summed E-state index contributed by atoms with van der Waals surface area (Å²) in [5.74, 6) is 0.798. The molecule has 128 valence electrons. The van der Waals surface area contributed by atoms with Crippen molar-refractivity contribution in [1.29, 1.82) is 0 Å². The van der Waals surface area contributed by atoms with E-state index in [-0.39, 0.29) is 29.6 Å². The number of carbonyl (C=O) groups is 1. The van der Waals surface area contributed by atoms with Gasteiger partial charge in [0.05, 0.1) is 0 Å². The maximum Gasteiger partial charge on any atom is 0.223 e. The van der Waals surface area contributed by atoms with Crippen molar-refractivity contribution in [3.63, 3.8) is 0 Å². The lowest BCUT2D eigenvalue weighted by atomic mass is 9.78. The minimum Gasteiger partial charge on any atom is -0.355 e. The lowest BCUT2D eigenvalue weighted by Gasteiger charge is -2.34. The number of rotatable bonds is 5. The maximum absolute atomic E-state index is 12.4. The van der Waals surface area contributed by atoms with Gasteiger partial charge in [0.1, 0.15) is 0 Å². The molecule has 1 saturated heterocycles. The first kappa shape index (κ1) is 18.6. The van der Waals surface area contributed by atoms with E-state index in [4.69, 9.17) is 11.6 Å². The van der Waals surface area contributed by atoms with Gasteiger partial charge in [-0.15, -0.1) is 12.4 Å². The van der Waals surface area contributed by atoms with Crippen molar-refractivity contribution in [2.45, 2.75) is 38.0 Å². The number of hydrogen-bond acceptors (Lipinski definition) is 2. The molecule has 2 aliphatic rings. The normalized spacial score (nSPS) is 21.1. The van der Waals surface area contributed by atoms with E-state index >= 15 is 0 Å². The smallest absolute Gasteiger partial charge is 0.223 e. The molecule has 1 aliphatic heterocycles. The Morgan fingerprint density at radius 3 is 2.43 bits per heavy atom. The third-order valence-electron chi connectivity index (χ3n) is 5.55. The van der Waals surface area contributed by atoms with E-state index in [0.29, 0.717) is 5.92 Å². The largest absolute Gasteiger partial charge is 0.355 e. The van der Waals surface area contributed by atoms with E-state index in [2.05, 4.69) is 22.8 Å². The Morgan fingerprint density at radius 1 is 1.30 bits per heavy atom. The van der Waals surface area contributed by atoms with Crippen LogP contribution in [0.3, 0.4) is 0 Å². The van der Waals surface area contributed by atoms with Crippen LogP contribution in [0.4, 0.5) is 0 Å². The number of halogens is 2. The van der Waals surface area contributed by atoms with E-state index in [1.807, 2.05) is 19.1 Å². The van der Waals surface area contributed by atoms with Crippen LogP contribution in [-0.2, 0) is 10.2 Å². The third kappa shape index (κ3) is 4.01. The highest BCUT2D eigenvalue weighted by molar-refractivity contribution is 6.30. The van der Waals surface area contributed by atoms with Crippen molar-refractivity contribution in [2.24, 2.45) is 11.8 Å².